The number of thiocarbonyl (C=S) groups is 1. The van der Waals surface area contributed by atoms with Crippen LogP contribution in [0.5, 0.6) is 11.5 Å². The van der Waals surface area contributed by atoms with Gasteiger partial charge in [-0.15, -0.1) is 0 Å². The number of hydrogen-bond donors (Lipinski definition) is 2. The minimum absolute atomic E-state index is 0.379. The van der Waals surface area contributed by atoms with Gasteiger partial charge in [-0.3, -0.25) is 5.43 Å². The van der Waals surface area contributed by atoms with Crippen LogP contribution in [0.3, 0.4) is 0 Å². The Morgan fingerprint density at radius 1 is 1.13 bits per heavy atom. The van der Waals surface area contributed by atoms with E-state index in [1.165, 1.54) is 0 Å². The van der Waals surface area contributed by atoms with E-state index in [-0.39, 0.29) is 0 Å². The average Bonchev–Trinajstić information content (AvgIpc) is 2.56. The van der Waals surface area contributed by atoms with Crippen molar-refractivity contribution in [1.82, 2.24) is 5.43 Å². The van der Waals surface area contributed by atoms with Crippen molar-refractivity contribution in [2.45, 2.75) is 0 Å². The van der Waals surface area contributed by atoms with Gasteiger partial charge >= 0.3 is 0 Å². The highest BCUT2D eigenvalue weighted by Crippen LogP contribution is 2.32. The molecule has 0 bridgehead atoms. The van der Waals surface area contributed by atoms with Gasteiger partial charge in [0.25, 0.3) is 0 Å². The number of para-hydroxylation sites is 1. The molecule has 0 aliphatic heterocycles. The molecule has 0 atom stereocenters. The number of halogens is 1. The third-order valence-corrected chi connectivity index (χ3v) is 3.42. The van der Waals surface area contributed by atoms with E-state index in [9.17, 15) is 0 Å². The Hall–Kier alpha value is -2.31. The van der Waals surface area contributed by atoms with Crippen LogP contribution in [0.25, 0.3) is 0 Å². The minimum atomic E-state index is 0.379. The zero-order valence-corrected chi connectivity index (χ0v) is 14.2. The van der Waals surface area contributed by atoms with E-state index in [0.29, 0.717) is 27.2 Å². The van der Waals surface area contributed by atoms with Crippen LogP contribution in [0.2, 0.25) is 5.02 Å². The van der Waals surface area contributed by atoms with Crippen molar-refractivity contribution in [2.24, 2.45) is 5.10 Å². The van der Waals surface area contributed by atoms with Gasteiger partial charge in [-0.1, -0.05) is 29.8 Å². The van der Waals surface area contributed by atoms with E-state index in [1.54, 1.807) is 32.6 Å². The van der Waals surface area contributed by atoms with Crippen LogP contribution in [0, 0.1) is 0 Å². The molecule has 2 aromatic rings. The van der Waals surface area contributed by atoms with Gasteiger partial charge in [-0.2, -0.15) is 5.10 Å². The predicted octanol–water partition coefficient (Wildman–Crippen LogP) is 3.68. The first-order valence-corrected chi connectivity index (χ1v) is 7.49. The molecule has 0 amide bonds. The Balaban J connectivity index is 2.01. The minimum Gasteiger partial charge on any atom is -0.493 e. The third-order valence-electron chi connectivity index (χ3n) is 2.90. The van der Waals surface area contributed by atoms with Crippen LogP contribution in [0.15, 0.2) is 47.6 Å². The fourth-order valence-electron chi connectivity index (χ4n) is 1.81. The molecule has 0 aromatic heterocycles. The summed E-state index contributed by atoms with van der Waals surface area (Å²) in [6.45, 7) is 0. The zero-order valence-electron chi connectivity index (χ0n) is 12.7. The van der Waals surface area contributed by atoms with E-state index < -0.39 is 0 Å². The zero-order chi connectivity index (χ0) is 16.7. The topological polar surface area (TPSA) is 54.9 Å². The Kier molecular flexibility index (Phi) is 6.19. The summed E-state index contributed by atoms with van der Waals surface area (Å²) < 4.78 is 10.4. The first-order chi connectivity index (χ1) is 11.1. The van der Waals surface area contributed by atoms with Crippen molar-refractivity contribution in [3.8, 4) is 11.5 Å². The molecular weight excluding hydrogens is 334 g/mol. The van der Waals surface area contributed by atoms with Crippen molar-refractivity contribution in [1.29, 1.82) is 0 Å². The van der Waals surface area contributed by atoms with Gasteiger partial charge in [-0.05, 0) is 30.4 Å². The maximum Gasteiger partial charge on any atom is 0.191 e. The number of nitrogens with zero attached hydrogens (tertiary/aromatic N) is 1. The fraction of sp³-hybridized carbons (Fsp3) is 0.125. The summed E-state index contributed by atoms with van der Waals surface area (Å²) in [6, 6.07) is 13.0. The number of benzene rings is 2. The van der Waals surface area contributed by atoms with Crippen molar-refractivity contribution in [3.05, 3.63) is 53.1 Å². The molecule has 2 rings (SSSR count). The molecular formula is C16H16ClN3O2S. The molecule has 0 unspecified atom stereocenters. The first kappa shape index (κ1) is 17.1. The van der Waals surface area contributed by atoms with Crippen molar-refractivity contribution in [2.75, 3.05) is 19.5 Å². The van der Waals surface area contributed by atoms with Crippen LogP contribution < -0.4 is 20.2 Å². The third kappa shape index (κ3) is 4.84. The van der Waals surface area contributed by atoms with Crippen LogP contribution in [0.4, 0.5) is 5.69 Å². The maximum absolute atomic E-state index is 6.18. The number of hydrazone groups is 1. The highest BCUT2D eigenvalue weighted by molar-refractivity contribution is 7.80. The van der Waals surface area contributed by atoms with Crippen molar-refractivity contribution >= 4 is 40.8 Å². The van der Waals surface area contributed by atoms with Crippen molar-refractivity contribution in [3.63, 3.8) is 0 Å². The largest absolute Gasteiger partial charge is 0.493 e. The van der Waals surface area contributed by atoms with E-state index in [1.807, 2.05) is 30.3 Å². The summed E-state index contributed by atoms with van der Waals surface area (Å²) in [5.74, 6) is 1.13. The summed E-state index contributed by atoms with van der Waals surface area (Å²) in [5.41, 5.74) is 4.29. The smallest absolute Gasteiger partial charge is 0.191 e. The van der Waals surface area contributed by atoms with Crippen LogP contribution in [-0.4, -0.2) is 25.5 Å². The lowest BCUT2D eigenvalue weighted by atomic mass is 10.2. The van der Waals surface area contributed by atoms with E-state index in [4.69, 9.17) is 33.3 Å². The predicted molar refractivity (Wildman–Crippen MR) is 97.9 cm³/mol. The Bertz CT molecular complexity index is 708. The lowest BCUT2D eigenvalue weighted by molar-refractivity contribution is 0.355. The van der Waals surface area contributed by atoms with Gasteiger partial charge in [0.15, 0.2) is 16.6 Å². The summed E-state index contributed by atoms with van der Waals surface area (Å²) in [4.78, 5) is 0. The van der Waals surface area contributed by atoms with Crippen LogP contribution in [0.1, 0.15) is 5.56 Å². The second-order valence-electron chi connectivity index (χ2n) is 4.42. The molecule has 2 N–H and O–H groups in total. The normalized spacial score (nSPS) is 10.4. The molecule has 7 heteroatoms. The summed E-state index contributed by atoms with van der Waals surface area (Å²) in [7, 11) is 3.11. The summed E-state index contributed by atoms with van der Waals surface area (Å²) in [6.07, 6.45) is 1.56. The highest BCUT2D eigenvalue weighted by Gasteiger charge is 2.08. The molecule has 23 heavy (non-hydrogen) atoms. The van der Waals surface area contributed by atoms with E-state index in [0.717, 1.165) is 5.69 Å². The maximum atomic E-state index is 6.18. The number of nitrogens with one attached hydrogen (secondary N) is 2. The lowest BCUT2D eigenvalue weighted by Gasteiger charge is -2.09. The molecule has 0 aliphatic rings. The first-order valence-electron chi connectivity index (χ1n) is 6.70. The number of ether oxygens (including phenoxy) is 2. The van der Waals surface area contributed by atoms with Gasteiger partial charge in [0.1, 0.15) is 0 Å². The van der Waals surface area contributed by atoms with Crippen molar-refractivity contribution < 1.29 is 9.47 Å². The molecule has 0 radical (unpaired) electrons. The van der Waals surface area contributed by atoms with Gasteiger partial charge in [-0.25, -0.2) is 0 Å². The van der Waals surface area contributed by atoms with Gasteiger partial charge < -0.3 is 14.8 Å². The molecule has 0 aliphatic carbocycles. The van der Waals surface area contributed by atoms with Gasteiger partial charge in [0, 0.05) is 17.3 Å². The lowest BCUT2D eigenvalue weighted by Crippen LogP contribution is -2.23. The second-order valence-corrected chi connectivity index (χ2v) is 5.23. The Labute approximate surface area is 145 Å². The van der Waals surface area contributed by atoms with E-state index >= 15 is 0 Å². The van der Waals surface area contributed by atoms with E-state index in [2.05, 4.69) is 15.8 Å². The molecule has 0 fully saturated rings. The second kappa shape index (κ2) is 8.36. The molecule has 0 spiro atoms. The molecule has 0 heterocycles. The molecule has 5 nitrogen and oxygen atoms in total. The fourth-order valence-corrected chi connectivity index (χ4v) is 2.18. The molecule has 0 saturated carbocycles. The Morgan fingerprint density at radius 2 is 1.78 bits per heavy atom. The quantitative estimate of drug-likeness (QED) is 0.490. The Morgan fingerprint density at radius 3 is 2.43 bits per heavy atom. The number of methoxy groups -OCH3 is 2. The number of hydrogen-bond acceptors (Lipinski definition) is 4. The van der Waals surface area contributed by atoms with Gasteiger partial charge in [0.05, 0.1) is 25.5 Å². The van der Waals surface area contributed by atoms with Crippen LogP contribution >= 0.6 is 23.8 Å². The summed E-state index contributed by atoms with van der Waals surface area (Å²) >= 11 is 11.3. The summed E-state index contributed by atoms with van der Waals surface area (Å²) in [5, 5.41) is 7.96. The average molecular weight is 350 g/mol. The van der Waals surface area contributed by atoms with Crippen LogP contribution in [-0.2, 0) is 0 Å². The number of anilines is 1. The molecule has 120 valence electrons. The number of rotatable bonds is 5. The standard InChI is InChI=1S/C16H16ClN3O2S/c1-21-14-8-11(13(17)9-15(14)22-2)10-18-20-16(23)19-12-6-4-3-5-7-12/h3-10H,1-2H3,(H2,19,20,23)/b18-10+. The molecule has 2 aromatic carbocycles. The highest BCUT2D eigenvalue weighted by atomic mass is 35.5. The molecule has 0 saturated heterocycles. The SMILES string of the molecule is COc1cc(Cl)c(/C=N/NC(=S)Nc2ccccc2)cc1OC. The monoisotopic (exact) mass is 349 g/mol. The van der Waals surface area contributed by atoms with Gasteiger partial charge in [0.2, 0.25) is 0 Å².